The second-order valence-electron chi connectivity index (χ2n) is 16.8. The number of rotatable bonds is 5. The summed E-state index contributed by atoms with van der Waals surface area (Å²) in [7, 11) is 0. The molecule has 0 spiro atoms. The second kappa shape index (κ2) is 13.9. The number of nitriles is 1. The van der Waals surface area contributed by atoms with Gasteiger partial charge in [0.1, 0.15) is 11.6 Å². The Balaban J connectivity index is 1.14. The summed E-state index contributed by atoms with van der Waals surface area (Å²) in [6.07, 6.45) is 0. The van der Waals surface area contributed by atoms with Gasteiger partial charge in [-0.25, -0.2) is 9.97 Å². The molecule has 14 rings (SSSR count). The molecule has 0 saturated carbocycles. The van der Waals surface area contributed by atoms with E-state index in [4.69, 9.17) is 9.97 Å². The fourth-order valence-electron chi connectivity index (χ4n) is 10.7. The summed E-state index contributed by atoms with van der Waals surface area (Å²) in [5.41, 5.74) is 11.6. The number of benzene rings is 9. The summed E-state index contributed by atoms with van der Waals surface area (Å²) < 4.78 is 9.13. The fraction of sp³-hybridized carbons (Fsp3) is 0. The van der Waals surface area contributed by atoms with Crippen molar-refractivity contribution in [3.05, 3.63) is 218 Å². The summed E-state index contributed by atoms with van der Waals surface area (Å²) in [5, 5.41) is 20.7. The van der Waals surface area contributed by atoms with Crippen molar-refractivity contribution in [2.45, 2.75) is 0 Å². The predicted octanol–water partition coefficient (Wildman–Crippen LogP) is 14.4. The summed E-state index contributed by atoms with van der Waals surface area (Å²) in [4.78, 5) is 10.9. The van der Waals surface area contributed by atoms with Crippen LogP contribution >= 0.6 is 0 Å². The maximum atomic E-state index is 11.7. The molecule has 0 aliphatic heterocycles. The van der Waals surface area contributed by atoms with Crippen molar-refractivity contribution >= 4 is 87.2 Å². The lowest BCUT2D eigenvalue weighted by Crippen LogP contribution is -2.10. The third kappa shape index (κ3) is 4.95. The fourth-order valence-corrected chi connectivity index (χ4v) is 10.7. The minimum atomic E-state index is 0.368. The van der Waals surface area contributed by atoms with E-state index in [0.29, 0.717) is 23.0 Å². The van der Waals surface area contributed by atoms with E-state index in [1.54, 1.807) is 0 Å². The molecule has 7 nitrogen and oxygen atoms in total. The van der Waals surface area contributed by atoms with Crippen LogP contribution < -0.4 is 0 Å². The van der Waals surface area contributed by atoms with Gasteiger partial charge in [-0.05, 0) is 60.7 Å². The molecule has 14 aromatic rings. The molecular formula is C59H35N7. The van der Waals surface area contributed by atoms with Gasteiger partial charge in [-0.2, -0.15) is 5.26 Å². The molecule has 0 amide bonds. The van der Waals surface area contributed by atoms with E-state index in [9.17, 15) is 5.26 Å². The number of hydrogen-bond donors (Lipinski definition) is 0. The summed E-state index contributed by atoms with van der Waals surface area (Å²) >= 11 is 0. The molecule has 0 fully saturated rings. The van der Waals surface area contributed by atoms with Gasteiger partial charge in [0, 0.05) is 60.0 Å². The number of nitrogens with zero attached hydrogens (tertiary/aromatic N) is 7. The Bertz CT molecular complexity index is 4080. The lowest BCUT2D eigenvalue weighted by atomic mass is 10.1. The molecule has 0 unspecified atom stereocenters. The van der Waals surface area contributed by atoms with Gasteiger partial charge >= 0.3 is 0 Å². The molecule has 66 heavy (non-hydrogen) atoms. The van der Waals surface area contributed by atoms with Crippen molar-refractivity contribution in [1.29, 1.82) is 5.26 Å². The normalized spacial score (nSPS) is 11.9. The molecule has 0 saturated heterocycles. The first-order valence-corrected chi connectivity index (χ1v) is 22.2. The lowest BCUT2D eigenvalue weighted by molar-refractivity contribution is 0.982. The van der Waals surface area contributed by atoms with Crippen molar-refractivity contribution in [3.63, 3.8) is 0 Å². The first-order chi connectivity index (χ1) is 32.8. The van der Waals surface area contributed by atoms with Crippen LogP contribution in [-0.2, 0) is 0 Å². The number of fused-ring (bicyclic) bond motifs is 14. The largest absolute Gasteiger partial charge is 0.309 e. The van der Waals surface area contributed by atoms with E-state index in [1.807, 2.05) is 30.3 Å². The van der Waals surface area contributed by atoms with Crippen LogP contribution in [-0.4, -0.2) is 28.2 Å². The maximum absolute atomic E-state index is 11.7. The third-order valence-electron chi connectivity index (χ3n) is 13.4. The van der Waals surface area contributed by atoms with E-state index in [-0.39, 0.29) is 0 Å². The molecule has 5 heterocycles. The van der Waals surface area contributed by atoms with Crippen molar-refractivity contribution in [1.82, 2.24) is 28.2 Å². The van der Waals surface area contributed by atoms with Crippen LogP contribution in [0, 0.1) is 11.3 Å². The highest BCUT2D eigenvalue weighted by Crippen LogP contribution is 2.45. The zero-order valence-electron chi connectivity index (χ0n) is 35.3. The van der Waals surface area contributed by atoms with Gasteiger partial charge in [0.15, 0.2) is 17.5 Å². The lowest BCUT2D eigenvalue weighted by Gasteiger charge is -2.16. The number of hydrogen-bond acceptors (Lipinski definition) is 3. The SMILES string of the molecule is N#Cc1c(-n2c3ccccc3c3c2ccc2c4ccccc4n(-c4ccccc4)c23)nc(-c2ccccc2)nc1-n1c2ccccc2c2c1ccc1c3ccccc3n(-c3ccccc3)c12. The molecule has 0 bridgehead atoms. The average molecular weight is 842 g/mol. The summed E-state index contributed by atoms with van der Waals surface area (Å²) in [5.74, 6) is 1.55. The van der Waals surface area contributed by atoms with Gasteiger partial charge in [0.2, 0.25) is 0 Å². The van der Waals surface area contributed by atoms with E-state index >= 15 is 0 Å². The van der Waals surface area contributed by atoms with Crippen LogP contribution in [0.1, 0.15) is 5.56 Å². The molecule has 7 heteroatoms. The molecule has 0 aliphatic rings. The maximum Gasteiger partial charge on any atom is 0.164 e. The highest BCUT2D eigenvalue weighted by molar-refractivity contribution is 6.27. The Morgan fingerprint density at radius 1 is 0.318 bits per heavy atom. The second-order valence-corrected chi connectivity index (χ2v) is 16.8. The predicted molar refractivity (Wildman–Crippen MR) is 270 cm³/mol. The molecule has 9 aromatic carbocycles. The molecule has 0 radical (unpaired) electrons. The molecular weight excluding hydrogens is 807 g/mol. The van der Waals surface area contributed by atoms with Crippen molar-refractivity contribution < 1.29 is 0 Å². The van der Waals surface area contributed by atoms with Crippen molar-refractivity contribution in [3.8, 4) is 40.5 Å². The molecule has 5 aromatic heterocycles. The van der Waals surface area contributed by atoms with E-state index in [0.717, 1.165) is 93.4 Å². The Kier molecular flexibility index (Phi) is 7.62. The van der Waals surface area contributed by atoms with Crippen molar-refractivity contribution in [2.75, 3.05) is 0 Å². The Morgan fingerprint density at radius 3 is 1.11 bits per heavy atom. The Morgan fingerprint density at radius 2 is 0.682 bits per heavy atom. The first-order valence-electron chi connectivity index (χ1n) is 22.2. The average Bonchev–Trinajstić information content (AvgIpc) is 4.11. The summed E-state index contributed by atoms with van der Waals surface area (Å²) in [6.45, 7) is 0. The number of aromatic nitrogens is 6. The first kappa shape index (κ1) is 36.3. The van der Waals surface area contributed by atoms with Crippen LogP contribution in [0.3, 0.4) is 0 Å². The van der Waals surface area contributed by atoms with Crippen LogP contribution in [0.4, 0.5) is 0 Å². The zero-order valence-corrected chi connectivity index (χ0v) is 35.3. The van der Waals surface area contributed by atoms with E-state index in [2.05, 4.69) is 206 Å². The molecule has 0 N–H and O–H groups in total. The molecule has 306 valence electrons. The van der Waals surface area contributed by atoms with Crippen molar-refractivity contribution in [2.24, 2.45) is 0 Å². The minimum absolute atomic E-state index is 0.368. The number of para-hydroxylation sites is 6. The molecule has 0 aliphatic carbocycles. The van der Waals surface area contributed by atoms with Gasteiger partial charge in [0.05, 0.1) is 44.1 Å². The third-order valence-corrected chi connectivity index (χ3v) is 13.4. The Hall–Kier alpha value is -9.25. The van der Waals surface area contributed by atoms with Gasteiger partial charge in [-0.15, -0.1) is 0 Å². The standard InChI is InChI=1S/C59H35N7/c60-36-46-58(65-49-30-16-12-26-44(49)53-51(65)34-32-42-40-24-10-14-28-47(40)63(55(42)53)38-20-6-2-7-21-38)61-57(37-18-4-1-5-19-37)62-59(46)66-50-31-17-13-27-45(50)54-52(66)35-33-43-41-25-11-15-29-48(41)64(56(43)54)39-22-8-3-9-23-39/h1-35H. The van der Waals surface area contributed by atoms with Gasteiger partial charge in [-0.1, -0.05) is 152 Å². The molecule has 0 atom stereocenters. The highest BCUT2D eigenvalue weighted by atomic mass is 15.2. The van der Waals surface area contributed by atoms with E-state index < -0.39 is 0 Å². The minimum Gasteiger partial charge on any atom is -0.309 e. The van der Waals surface area contributed by atoms with Crippen LogP contribution in [0.15, 0.2) is 212 Å². The van der Waals surface area contributed by atoms with Gasteiger partial charge in [0.25, 0.3) is 0 Å². The van der Waals surface area contributed by atoms with Gasteiger partial charge < -0.3 is 9.13 Å². The van der Waals surface area contributed by atoms with Gasteiger partial charge in [-0.3, -0.25) is 9.13 Å². The van der Waals surface area contributed by atoms with Crippen LogP contribution in [0.5, 0.6) is 0 Å². The smallest absolute Gasteiger partial charge is 0.164 e. The highest BCUT2D eigenvalue weighted by Gasteiger charge is 2.28. The van der Waals surface area contributed by atoms with Crippen LogP contribution in [0.25, 0.3) is 122 Å². The topological polar surface area (TPSA) is 69.3 Å². The van der Waals surface area contributed by atoms with Crippen LogP contribution in [0.2, 0.25) is 0 Å². The summed E-state index contributed by atoms with van der Waals surface area (Å²) in [6, 6.07) is 77.0. The Labute approximate surface area is 377 Å². The quantitative estimate of drug-likeness (QED) is 0.173. The van der Waals surface area contributed by atoms with E-state index in [1.165, 1.54) is 10.8 Å². The monoisotopic (exact) mass is 841 g/mol. The zero-order chi connectivity index (χ0) is 43.5.